The summed E-state index contributed by atoms with van der Waals surface area (Å²) in [6.07, 6.45) is 0.619. The minimum atomic E-state index is -0.233. The third kappa shape index (κ3) is 2.20. The number of benzene rings is 1. The van der Waals surface area contributed by atoms with E-state index < -0.39 is 0 Å². The molecule has 2 heterocycles. The van der Waals surface area contributed by atoms with Crippen molar-refractivity contribution >= 4 is 23.0 Å². The van der Waals surface area contributed by atoms with Gasteiger partial charge in [0.1, 0.15) is 5.75 Å². The summed E-state index contributed by atoms with van der Waals surface area (Å²) in [5.74, 6) is 0.0778. The monoisotopic (exact) mass is 286 g/mol. The average Bonchev–Trinajstić information content (AvgIpc) is 3.08. The molecule has 1 amide bonds. The largest absolute Gasteiger partial charge is 0.508 e. The molecule has 0 spiro atoms. The summed E-state index contributed by atoms with van der Waals surface area (Å²) >= 11 is 1.60. The Labute approximate surface area is 121 Å². The van der Waals surface area contributed by atoms with Crippen molar-refractivity contribution in [3.8, 4) is 5.75 Å². The van der Waals surface area contributed by atoms with Crippen molar-refractivity contribution in [2.75, 3.05) is 0 Å². The lowest BCUT2D eigenvalue weighted by atomic mass is 9.99. The lowest BCUT2D eigenvalue weighted by Crippen LogP contribution is -2.24. The van der Waals surface area contributed by atoms with Gasteiger partial charge in [-0.25, -0.2) is 5.01 Å². The van der Waals surface area contributed by atoms with Crippen molar-refractivity contribution in [2.24, 2.45) is 5.10 Å². The Balaban J connectivity index is 1.98. The number of hydrazone groups is 1. The van der Waals surface area contributed by atoms with Gasteiger partial charge in [0.2, 0.25) is 5.91 Å². The van der Waals surface area contributed by atoms with E-state index in [4.69, 9.17) is 0 Å². The fourth-order valence-electron chi connectivity index (χ4n) is 2.42. The van der Waals surface area contributed by atoms with Crippen molar-refractivity contribution in [3.05, 3.63) is 52.2 Å². The summed E-state index contributed by atoms with van der Waals surface area (Å²) in [7, 11) is 0. The zero-order chi connectivity index (χ0) is 14.1. The van der Waals surface area contributed by atoms with Crippen LogP contribution in [0.15, 0.2) is 46.2 Å². The van der Waals surface area contributed by atoms with E-state index in [1.54, 1.807) is 23.5 Å². The Bertz CT molecular complexity index is 664. The van der Waals surface area contributed by atoms with E-state index in [0.717, 1.165) is 16.8 Å². The van der Waals surface area contributed by atoms with Gasteiger partial charge in [0.05, 0.1) is 11.8 Å². The number of hydrogen-bond donors (Lipinski definition) is 1. The van der Waals surface area contributed by atoms with E-state index in [9.17, 15) is 9.90 Å². The van der Waals surface area contributed by atoms with Crippen LogP contribution >= 0.6 is 11.3 Å². The van der Waals surface area contributed by atoms with Crippen LogP contribution in [0, 0.1) is 0 Å². The van der Waals surface area contributed by atoms with Crippen molar-refractivity contribution in [1.82, 2.24) is 5.01 Å². The number of carbonyl (C=O) groups excluding carboxylic acids is 1. The van der Waals surface area contributed by atoms with E-state index in [2.05, 4.69) is 5.10 Å². The zero-order valence-corrected chi connectivity index (χ0v) is 11.8. The number of amides is 1. The van der Waals surface area contributed by atoms with Crippen LogP contribution < -0.4 is 0 Å². The third-order valence-corrected chi connectivity index (χ3v) is 4.07. The first-order valence-corrected chi connectivity index (χ1v) is 7.29. The van der Waals surface area contributed by atoms with Crippen LogP contribution in [-0.4, -0.2) is 21.7 Å². The standard InChI is InChI=1S/C15H14N2O2S/c1-10(18)17-14(12-4-2-3-5-15(12)19)8-13(16-17)11-6-7-20-9-11/h2-7,9,14,19H,8H2,1H3/t14-/m1/s1. The number of para-hydroxylation sites is 1. The maximum absolute atomic E-state index is 11.8. The highest BCUT2D eigenvalue weighted by atomic mass is 32.1. The van der Waals surface area contributed by atoms with Gasteiger partial charge in [0.25, 0.3) is 0 Å². The van der Waals surface area contributed by atoms with Gasteiger partial charge >= 0.3 is 0 Å². The van der Waals surface area contributed by atoms with Crippen molar-refractivity contribution < 1.29 is 9.90 Å². The quantitative estimate of drug-likeness (QED) is 0.922. The van der Waals surface area contributed by atoms with Gasteiger partial charge in [-0.15, -0.1) is 0 Å². The highest BCUT2D eigenvalue weighted by Crippen LogP contribution is 2.36. The fourth-order valence-corrected chi connectivity index (χ4v) is 3.08. The Morgan fingerprint density at radius 1 is 1.40 bits per heavy atom. The minimum absolute atomic E-state index is 0.122. The molecule has 1 aromatic carbocycles. The number of rotatable bonds is 2. The van der Waals surface area contributed by atoms with E-state index in [-0.39, 0.29) is 17.7 Å². The first-order valence-electron chi connectivity index (χ1n) is 6.34. The summed E-state index contributed by atoms with van der Waals surface area (Å²) in [4.78, 5) is 11.8. The van der Waals surface area contributed by atoms with Crippen LogP contribution in [-0.2, 0) is 4.79 Å². The van der Waals surface area contributed by atoms with Crippen LogP contribution in [0.3, 0.4) is 0 Å². The molecule has 0 bridgehead atoms. The molecule has 1 atom stereocenters. The maximum atomic E-state index is 11.8. The number of phenols is 1. The van der Waals surface area contributed by atoms with Crippen molar-refractivity contribution in [1.29, 1.82) is 0 Å². The third-order valence-electron chi connectivity index (χ3n) is 3.38. The highest BCUT2D eigenvalue weighted by Gasteiger charge is 2.32. The average molecular weight is 286 g/mol. The van der Waals surface area contributed by atoms with Gasteiger partial charge in [-0.05, 0) is 22.9 Å². The van der Waals surface area contributed by atoms with E-state index in [0.29, 0.717) is 6.42 Å². The van der Waals surface area contributed by atoms with Crippen LogP contribution in [0.4, 0.5) is 0 Å². The molecule has 3 rings (SSSR count). The number of phenolic OH excluding ortho intramolecular Hbond substituents is 1. The number of carbonyl (C=O) groups is 1. The lowest BCUT2D eigenvalue weighted by Gasteiger charge is -2.21. The number of hydrogen-bond acceptors (Lipinski definition) is 4. The van der Waals surface area contributed by atoms with Crippen LogP contribution in [0.1, 0.15) is 30.5 Å². The van der Waals surface area contributed by atoms with Crippen LogP contribution in [0.5, 0.6) is 5.75 Å². The van der Waals surface area contributed by atoms with E-state index in [1.807, 2.05) is 29.0 Å². The molecule has 1 aromatic heterocycles. The number of aromatic hydroxyl groups is 1. The van der Waals surface area contributed by atoms with E-state index >= 15 is 0 Å². The van der Waals surface area contributed by atoms with Gasteiger partial charge < -0.3 is 5.11 Å². The number of nitrogens with zero attached hydrogens (tertiary/aromatic N) is 2. The molecule has 2 aromatic rings. The molecule has 0 radical (unpaired) electrons. The molecular formula is C15H14N2O2S. The van der Waals surface area contributed by atoms with Crippen LogP contribution in [0.25, 0.3) is 0 Å². The highest BCUT2D eigenvalue weighted by molar-refractivity contribution is 7.08. The first kappa shape index (κ1) is 12.9. The second-order valence-corrected chi connectivity index (χ2v) is 5.48. The zero-order valence-electron chi connectivity index (χ0n) is 11.0. The SMILES string of the molecule is CC(=O)N1N=C(c2ccsc2)C[C@@H]1c1ccccc1O. The lowest BCUT2D eigenvalue weighted by molar-refractivity contribution is -0.130. The maximum Gasteiger partial charge on any atom is 0.240 e. The predicted molar refractivity (Wildman–Crippen MR) is 78.8 cm³/mol. The summed E-state index contributed by atoms with van der Waals surface area (Å²) in [6.45, 7) is 1.49. The van der Waals surface area contributed by atoms with Crippen molar-refractivity contribution in [2.45, 2.75) is 19.4 Å². The molecule has 1 N–H and O–H groups in total. The van der Waals surface area contributed by atoms with Gasteiger partial charge in [-0.1, -0.05) is 18.2 Å². The minimum Gasteiger partial charge on any atom is -0.508 e. The molecule has 0 aliphatic carbocycles. The molecular weight excluding hydrogens is 272 g/mol. The molecule has 102 valence electrons. The Morgan fingerprint density at radius 3 is 2.85 bits per heavy atom. The topological polar surface area (TPSA) is 52.9 Å². The molecule has 0 saturated carbocycles. The number of thiophene rings is 1. The summed E-state index contributed by atoms with van der Waals surface area (Å²) in [5, 5.41) is 19.9. The van der Waals surface area contributed by atoms with Gasteiger partial charge in [0, 0.05) is 24.5 Å². The Kier molecular flexibility index (Phi) is 3.28. The molecule has 20 heavy (non-hydrogen) atoms. The van der Waals surface area contributed by atoms with Crippen LogP contribution in [0.2, 0.25) is 0 Å². The smallest absolute Gasteiger partial charge is 0.240 e. The molecule has 0 fully saturated rings. The van der Waals surface area contributed by atoms with Crippen molar-refractivity contribution in [3.63, 3.8) is 0 Å². The fraction of sp³-hybridized carbons (Fsp3) is 0.200. The molecule has 5 heteroatoms. The second-order valence-electron chi connectivity index (χ2n) is 4.70. The van der Waals surface area contributed by atoms with Gasteiger partial charge in [-0.2, -0.15) is 16.4 Å². The summed E-state index contributed by atoms with van der Waals surface area (Å²) in [6, 6.07) is 8.86. The second kappa shape index (κ2) is 5.09. The molecule has 0 unspecified atom stereocenters. The normalized spacial score (nSPS) is 18.1. The van der Waals surface area contributed by atoms with Gasteiger partial charge in [0.15, 0.2) is 0 Å². The summed E-state index contributed by atoms with van der Waals surface area (Å²) < 4.78 is 0. The Morgan fingerprint density at radius 2 is 2.20 bits per heavy atom. The summed E-state index contributed by atoms with van der Waals surface area (Å²) in [5.41, 5.74) is 2.66. The molecule has 0 saturated heterocycles. The molecule has 1 aliphatic heterocycles. The predicted octanol–water partition coefficient (Wildman–Crippen LogP) is 3.15. The molecule has 1 aliphatic rings. The Hall–Kier alpha value is -2.14. The first-order chi connectivity index (χ1) is 9.66. The van der Waals surface area contributed by atoms with Gasteiger partial charge in [-0.3, -0.25) is 4.79 Å². The molecule has 4 nitrogen and oxygen atoms in total. The van der Waals surface area contributed by atoms with E-state index in [1.165, 1.54) is 11.9 Å².